The largest absolute Gasteiger partial charge is 0.481 e. The molecule has 2 amide bonds. The Kier molecular flexibility index (Phi) is 3.24. The predicted octanol–water partition coefficient (Wildman–Crippen LogP) is 1.73. The van der Waals surface area contributed by atoms with Crippen molar-refractivity contribution >= 4 is 17.8 Å². The van der Waals surface area contributed by atoms with Crippen LogP contribution in [0, 0.1) is 5.41 Å². The second kappa shape index (κ2) is 4.47. The molecule has 0 aromatic carbocycles. The molecule has 0 saturated heterocycles. The predicted molar refractivity (Wildman–Crippen MR) is 68.2 cm³/mol. The summed E-state index contributed by atoms with van der Waals surface area (Å²) >= 11 is 0. The van der Waals surface area contributed by atoms with Crippen LogP contribution in [0.15, 0.2) is 11.1 Å². The van der Waals surface area contributed by atoms with Crippen LogP contribution in [0.5, 0.6) is 0 Å². The summed E-state index contributed by atoms with van der Waals surface area (Å²) in [4.78, 5) is 37.1. The van der Waals surface area contributed by atoms with Crippen molar-refractivity contribution in [1.82, 2.24) is 4.90 Å². The summed E-state index contributed by atoms with van der Waals surface area (Å²) in [5, 5.41) is 9.47. The Morgan fingerprint density at radius 1 is 1.21 bits per heavy atom. The molecule has 2 rings (SSSR count). The van der Waals surface area contributed by atoms with Gasteiger partial charge >= 0.3 is 5.97 Å². The summed E-state index contributed by atoms with van der Waals surface area (Å²) in [5.41, 5.74) is -0.166. The molecule has 1 aliphatic carbocycles. The van der Waals surface area contributed by atoms with E-state index < -0.39 is 17.4 Å². The number of carbonyl (C=O) groups excluding carboxylic acids is 2. The number of amides is 2. The molecule has 5 heteroatoms. The Hall–Kier alpha value is -1.65. The number of nitrogens with zero attached hydrogens (tertiary/aromatic N) is 1. The zero-order valence-electron chi connectivity index (χ0n) is 11.5. The second-order valence-corrected chi connectivity index (χ2v) is 5.71. The molecule has 0 aromatic heterocycles. The molecule has 1 N–H and O–H groups in total. The quantitative estimate of drug-likeness (QED) is 0.771. The number of aliphatic carboxylic acids is 1. The van der Waals surface area contributed by atoms with Crippen molar-refractivity contribution in [2.75, 3.05) is 0 Å². The summed E-state index contributed by atoms with van der Waals surface area (Å²) in [5.74, 6) is -1.59. The molecule has 19 heavy (non-hydrogen) atoms. The molecular formula is C14H19NO4. The molecule has 0 bridgehead atoms. The van der Waals surface area contributed by atoms with Gasteiger partial charge in [-0.1, -0.05) is 12.8 Å². The Balaban J connectivity index is 2.38. The summed E-state index contributed by atoms with van der Waals surface area (Å²) in [6.45, 7) is 4.88. The first kappa shape index (κ1) is 13.8. The van der Waals surface area contributed by atoms with Gasteiger partial charge in [-0.3, -0.25) is 19.3 Å². The summed E-state index contributed by atoms with van der Waals surface area (Å²) in [7, 11) is 0. The minimum absolute atomic E-state index is 0.332. The van der Waals surface area contributed by atoms with E-state index in [2.05, 4.69) is 0 Å². The van der Waals surface area contributed by atoms with Crippen LogP contribution >= 0.6 is 0 Å². The van der Waals surface area contributed by atoms with Gasteiger partial charge in [-0.15, -0.1) is 0 Å². The Labute approximate surface area is 112 Å². The topological polar surface area (TPSA) is 74.7 Å². The van der Waals surface area contributed by atoms with Gasteiger partial charge < -0.3 is 5.11 Å². The lowest BCUT2D eigenvalue weighted by molar-refractivity contribution is -0.159. The van der Waals surface area contributed by atoms with E-state index in [9.17, 15) is 19.5 Å². The van der Waals surface area contributed by atoms with Gasteiger partial charge in [-0.2, -0.15) is 0 Å². The van der Waals surface area contributed by atoms with E-state index in [1.807, 2.05) is 0 Å². The molecule has 2 atom stereocenters. The van der Waals surface area contributed by atoms with Gasteiger partial charge in [0, 0.05) is 11.1 Å². The lowest BCUT2D eigenvalue weighted by Crippen LogP contribution is -2.54. The lowest BCUT2D eigenvalue weighted by Gasteiger charge is -2.42. The van der Waals surface area contributed by atoms with Gasteiger partial charge in [0.15, 0.2) is 0 Å². The molecule has 2 aliphatic rings. The van der Waals surface area contributed by atoms with Gasteiger partial charge in [0.25, 0.3) is 11.8 Å². The third-order valence-electron chi connectivity index (χ3n) is 4.60. The van der Waals surface area contributed by atoms with Crippen molar-refractivity contribution in [3.63, 3.8) is 0 Å². The molecule has 1 aliphatic heterocycles. The average molecular weight is 265 g/mol. The third kappa shape index (κ3) is 1.88. The highest BCUT2D eigenvalue weighted by atomic mass is 16.4. The van der Waals surface area contributed by atoms with Crippen LogP contribution in [-0.2, 0) is 14.4 Å². The Morgan fingerprint density at radius 2 is 1.74 bits per heavy atom. The number of carbonyl (C=O) groups is 3. The van der Waals surface area contributed by atoms with E-state index in [1.165, 1.54) is 4.90 Å². The molecule has 1 saturated carbocycles. The van der Waals surface area contributed by atoms with Gasteiger partial charge in [-0.25, -0.2) is 0 Å². The number of rotatable bonds is 2. The van der Waals surface area contributed by atoms with Gasteiger partial charge in [0.05, 0.1) is 11.5 Å². The maximum Gasteiger partial charge on any atom is 0.311 e. The fourth-order valence-electron chi connectivity index (χ4n) is 3.04. The number of hydrogen-bond donors (Lipinski definition) is 1. The van der Waals surface area contributed by atoms with Crippen molar-refractivity contribution in [2.24, 2.45) is 5.41 Å². The highest BCUT2D eigenvalue weighted by Gasteiger charge is 2.51. The fraction of sp³-hybridized carbons (Fsp3) is 0.643. The first-order chi connectivity index (χ1) is 8.80. The second-order valence-electron chi connectivity index (χ2n) is 5.71. The zero-order valence-corrected chi connectivity index (χ0v) is 11.5. The van der Waals surface area contributed by atoms with Crippen molar-refractivity contribution < 1.29 is 19.5 Å². The molecule has 2 unspecified atom stereocenters. The average Bonchev–Trinajstić information content (AvgIpc) is 2.55. The van der Waals surface area contributed by atoms with E-state index in [0.29, 0.717) is 24.0 Å². The fourth-order valence-corrected chi connectivity index (χ4v) is 3.04. The standard InChI is InChI=1S/C14H19NO4/c1-8-9(2)12(17)15(11(8)16)10-6-4-5-7-14(10,3)13(18)19/h10H,4-7H2,1-3H3,(H,18,19). The highest BCUT2D eigenvalue weighted by Crippen LogP contribution is 2.41. The van der Waals surface area contributed by atoms with Crippen molar-refractivity contribution in [3.8, 4) is 0 Å². The van der Waals surface area contributed by atoms with E-state index in [1.54, 1.807) is 20.8 Å². The Bertz CT molecular complexity index is 470. The van der Waals surface area contributed by atoms with Crippen LogP contribution in [0.3, 0.4) is 0 Å². The molecule has 1 fully saturated rings. The van der Waals surface area contributed by atoms with Crippen LogP contribution in [0.2, 0.25) is 0 Å². The van der Waals surface area contributed by atoms with Crippen molar-refractivity contribution in [1.29, 1.82) is 0 Å². The zero-order chi connectivity index (χ0) is 14.4. The maximum atomic E-state index is 12.2. The van der Waals surface area contributed by atoms with E-state index in [-0.39, 0.29) is 11.8 Å². The number of carboxylic acids is 1. The van der Waals surface area contributed by atoms with Crippen molar-refractivity contribution in [3.05, 3.63) is 11.1 Å². The minimum atomic E-state index is -1.03. The SMILES string of the molecule is CC1=C(C)C(=O)N(C2CCCCC2(C)C(=O)O)C1=O. The third-order valence-corrected chi connectivity index (χ3v) is 4.60. The molecule has 1 heterocycles. The van der Waals surface area contributed by atoms with Crippen LogP contribution in [0.4, 0.5) is 0 Å². The first-order valence-corrected chi connectivity index (χ1v) is 6.59. The molecule has 104 valence electrons. The summed E-state index contributed by atoms with van der Waals surface area (Å²) < 4.78 is 0. The molecule has 5 nitrogen and oxygen atoms in total. The van der Waals surface area contributed by atoms with Crippen LogP contribution < -0.4 is 0 Å². The monoisotopic (exact) mass is 265 g/mol. The van der Waals surface area contributed by atoms with E-state index >= 15 is 0 Å². The van der Waals surface area contributed by atoms with Crippen LogP contribution in [0.25, 0.3) is 0 Å². The number of carboxylic acid groups (broad SMARTS) is 1. The molecular weight excluding hydrogens is 246 g/mol. The van der Waals surface area contributed by atoms with Crippen molar-refractivity contribution in [2.45, 2.75) is 52.5 Å². The van der Waals surface area contributed by atoms with E-state index in [0.717, 1.165) is 12.8 Å². The first-order valence-electron chi connectivity index (χ1n) is 6.59. The maximum absolute atomic E-state index is 12.2. The Morgan fingerprint density at radius 3 is 2.21 bits per heavy atom. The summed E-state index contributed by atoms with van der Waals surface area (Å²) in [6, 6.07) is -0.536. The normalized spacial score (nSPS) is 32.2. The molecule has 0 spiro atoms. The highest BCUT2D eigenvalue weighted by molar-refractivity contribution is 6.19. The van der Waals surface area contributed by atoms with E-state index in [4.69, 9.17) is 0 Å². The minimum Gasteiger partial charge on any atom is -0.481 e. The molecule has 0 radical (unpaired) electrons. The summed E-state index contributed by atoms with van der Waals surface area (Å²) in [6.07, 6.45) is 2.74. The lowest BCUT2D eigenvalue weighted by atomic mass is 9.71. The number of imide groups is 1. The van der Waals surface area contributed by atoms with Gasteiger partial charge in [-0.05, 0) is 33.6 Å². The van der Waals surface area contributed by atoms with Crippen LogP contribution in [0.1, 0.15) is 46.5 Å². The van der Waals surface area contributed by atoms with Gasteiger partial charge in [0.1, 0.15) is 0 Å². The number of hydrogen-bond acceptors (Lipinski definition) is 3. The smallest absolute Gasteiger partial charge is 0.311 e. The van der Waals surface area contributed by atoms with Crippen LogP contribution in [-0.4, -0.2) is 33.8 Å². The van der Waals surface area contributed by atoms with Gasteiger partial charge in [0.2, 0.25) is 0 Å². The molecule has 0 aromatic rings.